The highest BCUT2D eigenvalue weighted by Gasteiger charge is 2.10. The molecule has 0 N–H and O–H groups in total. The van der Waals surface area contributed by atoms with E-state index in [9.17, 15) is 0 Å². The first-order valence-corrected chi connectivity index (χ1v) is 7.44. The maximum Gasteiger partial charge on any atom is 0.122 e. The van der Waals surface area contributed by atoms with Crippen molar-refractivity contribution in [3.05, 3.63) is 23.8 Å². The molecule has 0 bridgehead atoms. The van der Waals surface area contributed by atoms with Gasteiger partial charge in [0.15, 0.2) is 0 Å². The summed E-state index contributed by atoms with van der Waals surface area (Å²) in [6, 6.07) is 6.18. The number of hydrogen-bond donors (Lipinski definition) is 0. The molecule has 0 unspecified atom stereocenters. The van der Waals surface area contributed by atoms with E-state index in [-0.39, 0.29) is 0 Å². The third-order valence-corrected chi connectivity index (χ3v) is 3.66. The van der Waals surface area contributed by atoms with Crippen molar-refractivity contribution in [1.82, 2.24) is 4.90 Å². The van der Waals surface area contributed by atoms with Crippen molar-refractivity contribution in [2.24, 2.45) is 0 Å². The smallest absolute Gasteiger partial charge is 0.122 e. The van der Waals surface area contributed by atoms with Crippen molar-refractivity contribution in [2.45, 2.75) is 33.1 Å². The van der Waals surface area contributed by atoms with Gasteiger partial charge in [-0.05, 0) is 56.1 Å². The van der Waals surface area contributed by atoms with E-state index in [1.54, 1.807) is 0 Å². The van der Waals surface area contributed by atoms with Gasteiger partial charge in [-0.25, -0.2) is 0 Å². The van der Waals surface area contributed by atoms with Crippen molar-refractivity contribution in [2.75, 3.05) is 32.8 Å². The van der Waals surface area contributed by atoms with Crippen molar-refractivity contribution in [3.63, 3.8) is 0 Å². The topological polar surface area (TPSA) is 21.7 Å². The minimum Gasteiger partial charge on any atom is -0.494 e. The van der Waals surface area contributed by atoms with Crippen LogP contribution in [0.15, 0.2) is 18.2 Å². The molecule has 0 radical (unpaired) electrons. The second-order valence-corrected chi connectivity index (χ2v) is 4.95. The molecule has 3 nitrogen and oxygen atoms in total. The minimum absolute atomic E-state index is 0.788. The Hall–Kier alpha value is -1.22. The molecule has 106 valence electrons. The van der Waals surface area contributed by atoms with Crippen LogP contribution in [0.3, 0.4) is 0 Å². The zero-order valence-corrected chi connectivity index (χ0v) is 12.2. The number of aryl methyl sites for hydroxylation is 1. The molecule has 1 aliphatic rings. The van der Waals surface area contributed by atoms with Crippen molar-refractivity contribution in [1.29, 1.82) is 0 Å². The monoisotopic (exact) mass is 263 g/mol. The zero-order valence-electron chi connectivity index (χ0n) is 12.2. The van der Waals surface area contributed by atoms with Gasteiger partial charge in [0.05, 0.1) is 13.2 Å². The number of rotatable bonds is 7. The van der Waals surface area contributed by atoms with Crippen LogP contribution in [0, 0.1) is 0 Å². The van der Waals surface area contributed by atoms with Gasteiger partial charge in [-0.2, -0.15) is 0 Å². The summed E-state index contributed by atoms with van der Waals surface area (Å²) in [4.78, 5) is 2.42. The maximum atomic E-state index is 5.83. The fraction of sp³-hybridized carbons (Fsp3) is 0.625. The van der Waals surface area contributed by atoms with Crippen LogP contribution >= 0.6 is 0 Å². The summed E-state index contributed by atoms with van der Waals surface area (Å²) >= 11 is 0. The maximum absolute atomic E-state index is 5.83. The van der Waals surface area contributed by atoms with Crippen molar-refractivity contribution >= 4 is 0 Å². The summed E-state index contributed by atoms with van der Waals surface area (Å²) in [6.45, 7) is 9.38. The molecular weight excluding hydrogens is 238 g/mol. The van der Waals surface area contributed by atoms with Gasteiger partial charge in [0.25, 0.3) is 0 Å². The Balaban J connectivity index is 1.77. The summed E-state index contributed by atoms with van der Waals surface area (Å²) in [5, 5.41) is 0. The lowest BCUT2D eigenvalue weighted by Gasteiger charge is -2.19. The predicted octanol–water partition coefficient (Wildman–Crippen LogP) is 3.12. The quantitative estimate of drug-likeness (QED) is 0.706. The van der Waals surface area contributed by atoms with E-state index in [2.05, 4.69) is 24.8 Å². The molecule has 0 aromatic heterocycles. The summed E-state index contributed by atoms with van der Waals surface area (Å²) in [7, 11) is 0. The molecule has 1 aromatic carbocycles. The van der Waals surface area contributed by atoms with Crippen LogP contribution < -0.4 is 9.47 Å². The van der Waals surface area contributed by atoms with Crippen LogP contribution in [0.4, 0.5) is 0 Å². The Labute approximate surface area is 116 Å². The first-order chi connectivity index (χ1) is 9.33. The van der Waals surface area contributed by atoms with Gasteiger partial charge in [-0.1, -0.05) is 13.8 Å². The van der Waals surface area contributed by atoms with Crippen LogP contribution in [0.5, 0.6) is 11.5 Å². The predicted molar refractivity (Wildman–Crippen MR) is 78.2 cm³/mol. The van der Waals surface area contributed by atoms with Crippen molar-refractivity contribution in [3.8, 4) is 11.5 Å². The number of ether oxygens (including phenoxy) is 2. The van der Waals surface area contributed by atoms with E-state index >= 15 is 0 Å². The highest BCUT2D eigenvalue weighted by atomic mass is 16.5. The van der Waals surface area contributed by atoms with Gasteiger partial charge in [-0.3, -0.25) is 0 Å². The molecule has 1 aromatic rings. The standard InChI is InChI=1S/C16H25NO2/c1-3-17(4-2)10-6-12-18-15-8-9-16-14(13-15)7-5-11-19-16/h8-9,13H,3-7,10-12H2,1-2H3. The minimum atomic E-state index is 0.788. The largest absolute Gasteiger partial charge is 0.494 e. The molecular formula is C16H25NO2. The van der Waals surface area contributed by atoms with E-state index in [0.717, 1.165) is 63.6 Å². The van der Waals surface area contributed by atoms with Gasteiger partial charge in [0.2, 0.25) is 0 Å². The Morgan fingerprint density at radius 1 is 1.26 bits per heavy atom. The lowest BCUT2D eigenvalue weighted by molar-refractivity contribution is 0.248. The molecule has 0 atom stereocenters. The van der Waals surface area contributed by atoms with E-state index < -0.39 is 0 Å². The average Bonchev–Trinajstić information content (AvgIpc) is 2.47. The average molecular weight is 263 g/mol. The van der Waals surface area contributed by atoms with Crippen molar-refractivity contribution < 1.29 is 9.47 Å². The number of nitrogens with zero attached hydrogens (tertiary/aromatic N) is 1. The molecule has 0 aliphatic carbocycles. The molecule has 0 spiro atoms. The Kier molecular flexibility index (Phi) is 5.52. The summed E-state index contributed by atoms with van der Waals surface area (Å²) in [5.41, 5.74) is 1.28. The second kappa shape index (κ2) is 7.39. The van der Waals surface area contributed by atoms with Crippen LogP contribution in [0.2, 0.25) is 0 Å². The first kappa shape index (κ1) is 14.2. The van der Waals surface area contributed by atoms with Gasteiger partial charge >= 0.3 is 0 Å². The number of fused-ring (bicyclic) bond motifs is 1. The van der Waals surface area contributed by atoms with Gasteiger partial charge in [0, 0.05) is 6.54 Å². The van der Waals surface area contributed by atoms with Gasteiger partial charge < -0.3 is 14.4 Å². The van der Waals surface area contributed by atoms with Crippen LogP contribution in [0.25, 0.3) is 0 Å². The zero-order chi connectivity index (χ0) is 13.5. The number of benzene rings is 1. The highest BCUT2D eigenvalue weighted by molar-refractivity contribution is 5.41. The fourth-order valence-corrected chi connectivity index (χ4v) is 2.44. The Morgan fingerprint density at radius 2 is 2.11 bits per heavy atom. The molecule has 0 saturated heterocycles. The molecule has 2 rings (SSSR count). The van der Waals surface area contributed by atoms with Gasteiger partial charge in [-0.15, -0.1) is 0 Å². The lowest BCUT2D eigenvalue weighted by Crippen LogP contribution is -2.25. The van der Waals surface area contributed by atoms with Crippen LogP contribution in [0.1, 0.15) is 32.3 Å². The molecule has 1 aliphatic heterocycles. The highest BCUT2D eigenvalue weighted by Crippen LogP contribution is 2.28. The second-order valence-electron chi connectivity index (χ2n) is 4.95. The summed E-state index contributed by atoms with van der Waals surface area (Å²) in [5.74, 6) is 2.01. The third kappa shape index (κ3) is 4.13. The van der Waals surface area contributed by atoms with Crippen LogP contribution in [-0.4, -0.2) is 37.7 Å². The molecule has 3 heteroatoms. The molecule has 0 saturated carbocycles. The van der Waals surface area contributed by atoms with E-state index in [1.165, 1.54) is 5.56 Å². The Bertz CT molecular complexity index is 388. The molecule has 1 heterocycles. The third-order valence-electron chi connectivity index (χ3n) is 3.66. The number of hydrogen-bond acceptors (Lipinski definition) is 3. The van der Waals surface area contributed by atoms with Crippen LogP contribution in [-0.2, 0) is 6.42 Å². The fourth-order valence-electron chi connectivity index (χ4n) is 2.44. The summed E-state index contributed by atoms with van der Waals surface area (Å²) < 4.78 is 11.4. The first-order valence-electron chi connectivity index (χ1n) is 7.44. The lowest BCUT2D eigenvalue weighted by atomic mass is 10.1. The molecule has 0 amide bonds. The normalized spacial score (nSPS) is 14.1. The molecule has 19 heavy (non-hydrogen) atoms. The Morgan fingerprint density at radius 3 is 2.89 bits per heavy atom. The summed E-state index contributed by atoms with van der Waals surface area (Å²) in [6.07, 6.45) is 3.29. The van der Waals surface area contributed by atoms with E-state index in [0.29, 0.717) is 0 Å². The molecule has 0 fully saturated rings. The van der Waals surface area contributed by atoms with E-state index in [4.69, 9.17) is 9.47 Å². The van der Waals surface area contributed by atoms with Gasteiger partial charge in [0.1, 0.15) is 11.5 Å². The van der Waals surface area contributed by atoms with E-state index in [1.807, 2.05) is 12.1 Å². The SMILES string of the molecule is CCN(CC)CCCOc1ccc2c(c1)CCCO2.